The van der Waals surface area contributed by atoms with Crippen LogP contribution in [0, 0.1) is 18.6 Å². The van der Waals surface area contributed by atoms with Crippen molar-refractivity contribution in [3.63, 3.8) is 0 Å². The molecule has 0 unspecified atom stereocenters. The number of amides is 1. The van der Waals surface area contributed by atoms with E-state index < -0.39 is 17.5 Å². The van der Waals surface area contributed by atoms with Gasteiger partial charge >= 0.3 is 0 Å². The zero-order chi connectivity index (χ0) is 17.1. The van der Waals surface area contributed by atoms with Crippen molar-refractivity contribution in [2.24, 2.45) is 0 Å². The van der Waals surface area contributed by atoms with Crippen molar-refractivity contribution >= 4 is 11.6 Å². The highest BCUT2D eigenvalue weighted by molar-refractivity contribution is 6.04. The van der Waals surface area contributed by atoms with Gasteiger partial charge in [0.2, 0.25) is 0 Å². The molecule has 1 heterocycles. The standard InChI is InChI=1S/C18H13F2N3O/c1-11-2-4-12(5-3-11)17-21-9-16(10-22-17)23-18(24)13-6-14(19)8-15(20)7-13/h2-10H,1H3,(H,23,24). The van der Waals surface area contributed by atoms with Gasteiger partial charge in [0.15, 0.2) is 5.82 Å². The molecule has 0 saturated carbocycles. The lowest BCUT2D eigenvalue weighted by molar-refractivity contribution is 0.102. The summed E-state index contributed by atoms with van der Waals surface area (Å²) in [5.41, 5.74) is 2.20. The number of aromatic nitrogens is 2. The van der Waals surface area contributed by atoms with E-state index in [0.717, 1.165) is 23.3 Å². The van der Waals surface area contributed by atoms with Crippen molar-refractivity contribution in [3.05, 3.63) is 77.6 Å². The summed E-state index contributed by atoms with van der Waals surface area (Å²) in [6.07, 6.45) is 2.88. The first-order valence-corrected chi connectivity index (χ1v) is 7.18. The number of hydrogen-bond donors (Lipinski definition) is 1. The summed E-state index contributed by atoms with van der Waals surface area (Å²) in [6, 6.07) is 10.3. The number of aryl methyl sites for hydroxylation is 1. The van der Waals surface area contributed by atoms with Gasteiger partial charge in [-0.15, -0.1) is 0 Å². The maximum Gasteiger partial charge on any atom is 0.255 e. The van der Waals surface area contributed by atoms with Crippen LogP contribution in [-0.4, -0.2) is 15.9 Å². The first-order chi connectivity index (χ1) is 11.5. The topological polar surface area (TPSA) is 54.9 Å². The van der Waals surface area contributed by atoms with E-state index in [1.54, 1.807) is 0 Å². The number of benzene rings is 2. The maximum atomic E-state index is 13.2. The van der Waals surface area contributed by atoms with Gasteiger partial charge in [-0.05, 0) is 19.1 Å². The van der Waals surface area contributed by atoms with Crippen LogP contribution in [0.25, 0.3) is 11.4 Å². The molecule has 120 valence electrons. The molecular weight excluding hydrogens is 312 g/mol. The van der Waals surface area contributed by atoms with E-state index in [-0.39, 0.29) is 5.56 Å². The van der Waals surface area contributed by atoms with Crippen LogP contribution in [0.3, 0.4) is 0 Å². The van der Waals surface area contributed by atoms with Crippen LogP contribution in [0.15, 0.2) is 54.9 Å². The third-order valence-corrected chi connectivity index (χ3v) is 3.34. The lowest BCUT2D eigenvalue weighted by atomic mass is 10.1. The number of nitrogens with zero attached hydrogens (tertiary/aromatic N) is 2. The van der Waals surface area contributed by atoms with E-state index in [0.29, 0.717) is 17.6 Å². The van der Waals surface area contributed by atoms with E-state index in [1.165, 1.54) is 12.4 Å². The number of carbonyl (C=O) groups is 1. The summed E-state index contributed by atoms with van der Waals surface area (Å²) < 4.78 is 26.3. The van der Waals surface area contributed by atoms with Gasteiger partial charge in [-0.3, -0.25) is 4.79 Å². The second-order valence-electron chi connectivity index (χ2n) is 5.27. The average molecular weight is 325 g/mol. The van der Waals surface area contributed by atoms with Gasteiger partial charge in [-0.2, -0.15) is 0 Å². The first-order valence-electron chi connectivity index (χ1n) is 7.18. The van der Waals surface area contributed by atoms with Crippen LogP contribution >= 0.6 is 0 Å². The minimum atomic E-state index is -0.814. The van der Waals surface area contributed by atoms with Crippen LogP contribution < -0.4 is 5.32 Å². The monoisotopic (exact) mass is 325 g/mol. The van der Waals surface area contributed by atoms with Crippen molar-refractivity contribution in [1.29, 1.82) is 0 Å². The van der Waals surface area contributed by atoms with Crippen molar-refractivity contribution in [1.82, 2.24) is 9.97 Å². The van der Waals surface area contributed by atoms with Gasteiger partial charge in [0, 0.05) is 17.2 Å². The minimum Gasteiger partial charge on any atom is -0.319 e. The number of rotatable bonds is 3. The lowest BCUT2D eigenvalue weighted by Crippen LogP contribution is -2.13. The minimum absolute atomic E-state index is 0.116. The number of halogens is 2. The molecule has 0 aliphatic heterocycles. The largest absolute Gasteiger partial charge is 0.319 e. The Morgan fingerprint density at radius 1 is 0.958 bits per heavy atom. The van der Waals surface area contributed by atoms with E-state index >= 15 is 0 Å². The maximum absolute atomic E-state index is 13.2. The van der Waals surface area contributed by atoms with Crippen LogP contribution in [0.1, 0.15) is 15.9 Å². The van der Waals surface area contributed by atoms with E-state index in [2.05, 4.69) is 15.3 Å². The number of anilines is 1. The highest BCUT2D eigenvalue weighted by Gasteiger charge is 2.10. The molecule has 0 spiro atoms. The molecule has 3 rings (SSSR count). The lowest BCUT2D eigenvalue weighted by Gasteiger charge is -2.06. The Labute approximate surface area is 137 Å². The fourth-order valence-corrected chi connectivity index (χ4v) is 2.13. The number of hydrogen-bond acceptors (Lipinski definition) is 3. The van der Waals surface area contributed by atoms with Gasteiger partial charge in [-0.25, -0.2) is 18.7 Å². The smallest absolute Gasteiger partial charge is 0.255 e. The second-order valence-corrected chi connectivity index (χ2v) is 5.27. The number of carbonyl (C=O) groups excluding carboxylic acids is 1. The van der Waals surface area contributed by atoms with Crippen LogP contribution in [0.4, 0.5) is 14.5 Å². The summed E-state index contributed by atoms with van der Waals surface area (Å²) in [4.78, 5) is 20.4. The molecule has 1 amide bonds. The number of nitrogens with one attached hydrogen (secondary N) is 1. The second kappa shape index (κ2) is 6.54. The van der Waals surface area contributed by atoms with Crippen LogP contribution in [0.2, 0.25) is 0 Å². The zero-order valence-corrected chi connectivity index (χ0v) is 12.8. The third kappa shape index (κ3) is 3.60. The van der Waals surface area contributed by atoms with Crippen molar-refractivity contribution in [2.75, 3.05) is 5.32 Å². The summed E-state index contributed by atoms with van der Waals surface area (Å²) >= 11 is 0. The van der Waals surface area contributed by atoms with Gasteiger partial charge in [0.05, 0.1) is 18.1 Å². The molecule has 2 aromatic carbocycles. The average Bonchev–Trinajstić information content (AvgIpc) is 2.55. The fourth-order valence-electron chi connectivity index (χ4n) is 2.13. The molecule has 0 radical (unpaired) electrons. The van der Waals surface area contributed by atoms with Crippen molar-refractivity contribution in [3.8, 4) is 11.4 Å². The van der Waals surface area contributed by atoms with Crippen molar-refractivity contribution < 1.29 is 13.6 Å². The molecule has 1 aromatic heterocycles. The summed E-state index contributed by atoms with van der Waals surface area (Å²) in [5, 5.41) is 2.50. The fraction of sp³-hybridized carbons (Fsp3) is 0.0556. The molecule has 0 atom stereocenters. The highest BCUT2D eigenvalue weighted by Crippen LogP contribution is 2.17. The molecule has 4 nitrogen and oxygen atoms in total. The van der Waals surface area contributed by atoms with Crippen LogP contribution in [0.5, 0.6) is 0 Å². The molecule has 3 aromatic rings. The summed E-state index contributed by atoms with van der Waals surface area (Å²) in [6.45, 7) is 1.98. The zero-order valence-electron chi connectivity index (χ0n) is 12.8. The van der Waals surface area contributed by atoms with Crippen LogP contribution in [-0.2, 0) is 0 Å². The van der Waals surface area contributed by atoms with E-state index in [9.17, 15) is 13.6 Å². The van der Waals surface area contributed by atoms with Gasteiger partial charge in [0.25, 0.3) is 5.91 Å². The molecule has 24 heavy (non-hydrogen) atoms. The Hall–Kier alpha value is -3.15. The first kappa shape index (κ1) is 15.7. The molecule has 0 aliphatic carbocycles. The third-order valence-electron chi connectivity index (χ3n) is 3.34. The molecule has 6 heteroatoms. The molecule has 0 fully saturated rings. The Bertz CT molecular complexity index is 858. The summed E-state index contributed by atoms with van der Waals surface area (Å²) in [5.74, 6) is -1.75. The van der Waals surface area contributed by atoms with Gasteiger partial charge < -0.3 is 5.32 Å². The summed E-state index contributed by atoms with van der Waals surface area (Å²) in [7, 11) is 0. The predicted octanol–water partition coefficient (Wildman–Crippen LogP) is 3.98. The Morgan fingerprint density at radius 3 is 2.12 bits per heavy atom. The predicted molar refractivity (Wildman–Crippen MR) is 86.5 cm³/mol. The van der Waals surface area contributed by atoms with E-state index in [4.69, 9.17) is 0 Å². The quantitative estimate of drug-likeness (QED) is 0.792. The normalized spacial score (nSPS) is 10.5. The molecule has 1 N–H and O–H groups in total. The van der Waals surface area contributed by atoms with Crippen molar-refractivity contribution in [2.45, 2.75) is 6.92 Å². The van der Waals surface area contributed by atoms with E-state index in [1.807, 2.05) is 31.2 Å². The van der Waals surface area contributed by atoms with Gasteiger partial charge in [0.1, 0.15) is 11.6 Å². The Kier molecular flexibility index (Phi) is 4.29. The highest BCUT2D eigenvalue weighted by atomic mass is 19.1. The molecule has 0 aliphatic rings. The van der Waals surface area contributed by atoms with Gasteiger partial charge in [-0.1, -0.05) is 29.8 Å². The molecular formula is C18H13F2N3O. The Balaban J connectivity index is 1.76. The molecule has 0 saturated heterocycles. The SMILES string of the molecule is Cc1ccc(-c2ncc(NC(=O)c3cc(F)cc(F)c3)cn2)cc1. The Morgan fingerprint density at radius 2 is 1.54 bits per heavy atom. The molecule has 0 bridgehead atoms.